The molecular formula is C9H9ClN6O. The zero-order valence-corrected chi connectivity index (χ0v) is 9.85. The summed E-state index contributed by atoms with van der Waals surface area (Å²) in [5.41, 5.74) is 0. The van der Waals surface area contributed by atoms with Crippen molar-refractivity contribution < 1.29 is 4.74 Å². The first-order valence-corrected chi connectivity index (χ1v) is 5.12. The largest absolute Gasteiger partial charge is 0.464 e. The van der Waals surface area contributed by atoms with E-state index in [4.69, 9.17) is 26.9 Å². The van der Waals surface area contributed by atoms with E-state index in [1.807, 2.05) is 12.1 Å². The van der Waals surface area contributed by atoms with Crippen LogP contribution in [0.25, 0.3) is 0 Å². The number of anilines is 1. The van der Waals surface area contributed by atoms with Crippen molar-refractivity contribution in [2.45, 2.75) is 6.92 Å². The van der Waals surface area contributed by atoms with Crippen molar-refractivity contribution in [2.75, 3.05) is 24.6 Å². The molecule has 0 amide bonds. The lowest BCUT2D eigenvalue weighted by Gasteiger charge is -2.15. The number of nitrogens with zero attached hydrogens (tertiary/aromatic N) is 6. The Hall–Kier alpha value is -2.12. The summed E-state index contributed by atoms with van der Waals surface area (Å²) in [6.07, 6.45) is 0. The molecule has 0 atom stereocenters. The van der Waals surface area contributed by atoms with Crippen LogP contribution in [-0.4, -0.2) is 34.6 Å². The fourth-order valence-electron chi connectivity index (χ4n) is 1.03. The van der Waals surface area contributed by atoms with E-state index in [-0.39, 0.29) is 30.3 Å². The van der Waals surface area contributed by atoms with Gasteiger partial charge in [0.05, 0.1) is 18.7 Å². The van der Waals surface area contributed by atoms with Gasteiger partial charge in [0.15, 0.2) is 0 Å². The van der Waals surface area contributed by atoms with Crippen LogP contribution in [0, 0.1) is 22.7 Å². The van der Waals surface area contributed by atoms with E-state index in [9.17, 15) is 0 Å². The van der Waals surface area contributed by atoms with Crippen molar-refractivity contribution in [1.82, 2.24) is 15.0 Å². The molecule has 0 fully saturated rings. The van der Waals surface area contributed by atoms with E-state index in [0.717, 1.165) is 0 Å². The van der Waals surface area contributed by atoms with Crippen LogP contribution in [0.3, 0.4) is 0 Å². The summed E-state index contributed by atoms with van der Waals surface area (Å²) in [5.74, 6) is 0.150. The van der Waals surface area contributed by atoms with Gasteiger partial charge in [-0.25, -0.2) is 0 Å². The summed E-state index contributed by atoms with van der Waals surface area (Å²) in [5, 5.41) is 17.2. The third-order valence-corrected chi connectivity index (χ3v) is 1.82. The molecular weight excluding hydrogens is 244 g/mol. The van der Waals surface area contributed by atoms with Crippen LogP contribution >= 0.6 is 11.6 Å². The highest BCUT2D eigenvalue weighted by Crippen LogP contribution is 2.14. The topological polar surface area (TPSA) is 98.7 Å². The van der Waals surface area contributed by atoms with Gasteiger partial charge in [-0.05, 0) is 18.5 Å². The van der Waals surface area contributed by atoms with Gasteiger partial charge in [-0.3, -0.25) is 0 Å². The van der Waals surface area contributed by atoms with E-state index in [0.29, 0.717) is 6.61 Å². The van der Waals surface area contributed by atoms with Gasteiger partial charge in [-0.1, -0.05) is 0 Å². The Morgan fingerprint density at radius 2 is 1.88 bits per heavy atom. The highest BCUT2D eigenvalue weighted by Gasteiger charge is 2.12. The van der Waals surface area contributed by atoms with Gasteiger partial charge in [-0.2, -0.15) is 25.5 Å². The van der Waals surface area contributed by atoms with Crippen LogP contribution in [0.5, 0.6) is 6.01 Å². The molecule has 8 heteroatoms. The summed E-state index contributed by atoms with van der Waals surface area (Å²) in [4.78, 5) is 12.9. The molecule has 0 aliphatic heterocycles. The molecule has 0 saturated heterocycles. The first-order chi connectivity index (χ1) is 8.21. The number of hydrogen-bond acceptors (Lipinski definition) is 7. The average Bonchev–Trinajstić information content (AvgIpc) is 2.28. The van der Waals surface area contributed by atoms with Crippen LogP contribution in [0.2, 0.25) is 5.28 Å². The van der Waals surface area contributed by atoms with Gasteiger partial charge in [0.1, 0.15) is 13.1 Å². The second-order valence-corrected chi connectivity index (χ2v) is 3.13. The second kappa shape index (κ2) is 6.46. The van der Waals surface area contributed by atoms with Crippen LogP contribution in [0.1, 0.15) is 6.92 Å². The highest BCUT2D eigenvalue weighted by molar-refractivity contribution is 6.28. The highest BCUT2D eigenvalue weighted by atomic mass is 35.5. The fraction of sp³-hybridized carbons (Fsp3) is 0.444. The van der Waals surface area contributed by atoms with E-state index in [2.05, 4.69) is 15.0 Å². The monoisotopic (exact) mass is 252 g/mol. The molecule has 1 heterocycles. The van der Waals surface area contributed by atoms with Crippen LogP contribution in [-0.2, 0) is 0 Å². The van der Waals surface area contributed by atoms with Gasteiger partial charge in [0, 0.05) is 0 Å². The predicted octanol–water partition coefficient (Wildman–Crippen LogP) is 0.777. The quantitative estimate of drug-likeness (QED) is 0.714. The van der Waals surface area contributed by atoms with E-state index < -0.39 is 0 Å². The maximum Gasteiger partial charge on any atom is 0.322 e. The predicted molar refractivity (Wildman–Crippen MR) is 59.4 cm³/mol. The Balaban J connectivity index is 3.02. The van der Waals surface area contributed by atoms with Gasteiger partial charge < -0.3 is 9.64 Å². The Labute approximate surface area is 103 Å². The molecule has 0 aliphatic carbocycles. The molecule has 88 valence electrons. The number of ether oxygens (including phenoxy) is 1. The van der Waals surface area contributed by atoms with E-state index in [1.54, 1.807) is 6.92 Å². The summed E-state index contributed by atoms with van der Waals surface area (Å²) in [6.45, 7) is 2.13. The molecule has 0 aromatic carbocycles. The first kappa shape index (κ1) is 12.9. The Kier molecular flexibility index (Phi) is 4.92. The number of nitriles is 2. The second-order valence-electron chi connectivity index (χ2n) is 2.79. The average molecular weight is 253 g/mol. The van der Waals surface area contributed by atoms with Crippen molar-refractivity contribution in [3.05, 3.63) is 5.28 Å². The molecule has 0 saturated carbocycles. The Bertz CT molecular complexity index is 450. The smallest absolute Gasteiger partial charge is 0.322 e. The molecule has 0 bridgehead atoms. The van der Waals surface area contributed by atoms with Crippen LogP contribution in [0.15, 0.2) is 0 Å². The van der Waals surface area contributed by atoms with Gasteiger partial charge >= 0.3 is 6.01 Å². The molecule has 0 N–H and O–H groups in total. The SMILES string of the molecule is CCOc1nc(Cl)nc(N(CC#N)CC#N)n1. The number of rotatable bonds is 5. The minimum absolute atomic E-state index is 0.0144. The molecule has 7 nitrogen and oxygen atoms in total. The van der Waals surface area contributed by atoms with Crippen molar-refractivity contribution in [2.24, 2.45) is 0 Å². The lowest BCUT2D eigenvalue weighted by atomic mass is 10.5. The molecule has 1 aromatic rings. The molecule has 1 rings (SSSR count). The zero-order valence-electron chi connectivity index (χ0n) is 9.09. The lowest BCUT2D eigenvalue weighted by molar-refractivity contribution is 0.311. The van der Waals surface area contributed by atoms with Crippen molar-refractivity contribution >= 4 is 17.5 Å². The summed E-state index contributed by atoms with van der Waals surface area (Å²) in [7, 11) is 0. The summed E-state index contributed by atoms with van der Waals surface area (Å²) in [6, 6.07) is 3.90. The number of halogens is 1. The Morgan fingerprint density at radius 1 is 1.24 bits per heavy atom. The molecule has 0 radical (unpaired) electrons. The van der Waals surface area contributed by atoms with E-state index in [1.165, 1.54) is 4.90 Å². The van der Waals surface area contributed by atoms with Crippen molar-refractivity contribution in [3.8, 4) is 18.1 Å². The van der Waals surface area contributed by atoms with E-state index >= 15 is 0 Å². The lowest BCUT2D eigenvalue weighted by Crippen LogP contribution is -2.26. The van der Waals surface area contributed by atoms with Gasteiger partial charge in [0.2, 0.25) is 11.2 Å². The Morgan fingerprint density at radius 3 is 2.41 bits per heavy atom. The maximum atomic E-state index is 8.63. The fourth-order valence-corrected chi connectivity index (χ4v) is 1.17. The van der Waals surface area contributed by atoms with Crippen LogP contribution < -0.4 is 9.64 Å². The molecule has 0 aliphatic rings. The van der Waals surface area contributed by atoms with Gasteiger partial charge in [0.25, 0.3) is 0 Å². The first-order valence-electron chi connectivity index (χ1n) is 4.74. The number of aromatic nitrogens is 3. The van der Waals surface area contributed by atoms with Crippen molar-refractivity contribution in [1.29, 1.82) is 10.5 Å². The minimum atomic E-state index is -0.0423. The molecule has 1 aromatic heterocycles. The molecule has 0 spiro atoms. The standard InChI is InChI=1S/C9H9ClN6O/c1-2-17-9-14-7(10)13-8(15-9)16(5-3-11)6-4-12/h2,5-6H2,1H3. The van der Waals surface area contributed by atoms with Crippen molar-refractivity contribution in [3.63, 3.8) is 0 Å². The van der Waals surface area contributed by atoms with Gasteiger partial charge in [-0.15, -0.1) is 0 Å². The minimum Gasteiger partial charge on any atom is -0.464 e. The molecule has 17 heavy (non-hydrogen) atoms. The zero-order chi connectivity index (χ0) is 12.7. The molecule has 0 unspecified atom stereocenters. The normalized spacial score (nSPS) is 9.18. The maximum absolute atomic E-state index is 8.63. The third-order valence-electron chi connectivity index (χ3n) is 1.66. The third kappa shape index (κ3) is 3.74. The number of hydrogen-bond donors (Lipinski definition) is 0. The van der Waals surface area contributed by atoms with Crippen LogP contribution in [0.4, 0.5) is 5.95 Å². The summed E-state index contributed by atoms with van der Waals surface area (Å²) < 4.78 is 5.09. The summed E-state index contributed by atoms with van der Waals surface area (Å²) >= 11 is 5.70.